The number of rotatable bonds is 0. The summed E-state index contributed by atoms with van der Waals surface area (Å²) < 4.78 is 2.34. The van der Waals surface area contributed by atoms with Crippen molar-refractivity contribution in [1.82, 2.24) is 4.40 Å². The zero-order valence-corrected chi connectivity index (χ0v) is 17.0. The summed E-state index contributed by atoms with van der Waals surface area (Å²) in [5, 5.41) is 4.05. The van der Waals surface area contributed by atoms with E-state index >= 15 is 0 Å². The number of hydrogen-bond donors (Lipinski definition) is 0. The highest BCUT2D eigenvalue weighted by Crippen LogP contribution is 2.49. The minimum absolute atomic E-state index is 1.03. The van der Waals surface area contributed by atoms with E-state index in [-0.39, 0.29) is 0 Å². The van der Waals surface area contributed by atoms with Gasteiger partial charge < -0.3 is 4.40 Å². The van der Waals surface area contributed by atoms with Crippen LogP contribution in [0.25, 0.3) is 49.4 Å². The van der Waals surface area contributed by atoms with Crippen LogP contribution in [0, 0.1) is 0 Å². The number of nitrogens with zero attached hydrogens (tertiary/aromatic N) is 1. The van der Waals surface area contributed by atoms with Crippen LogP contribution in [-0.4, -0.2) is 4.40 Å². The fourth-order valence-electron chi connectivity index (χ4n) is 6.13. The van der Waals surface area contributed by atoms with Crippen LogP contribution < -0.4 is 0 Å². The van der Waals surface area contributed by atoms with Crippen molar-refractivity contribution < 1.29 is 0 Å². The quantitative estimate of drug-likeness (QED) is 0.237. The highest BCUT2D eigenvalue weighted by Gasteiger charge is 2.28. The first-order chi connectivity index (χ1) is 15.4. The molecule has 0 fully saturated rings. The average molecular weight is 393 g/mol. The van der Waals surface area contributed by atoms with Crippen LogP contribution in [0.5, 0.6) is 0 Å². The van der Waals surface area contributed by atoms with Gasteiger partial charge in [0, 0.05) is 17.0 Å². The molecule has 0 radical (unpaired) electrons. The second kappa shape index (κ2) is 5.44. The van der Waals surface area contributed by atoms with Gasteiger partial charge in [0.2, 0.25) is 0 Å². The fraction of sp³-hybridized carbons (Fsp3) is 0.0667. The Morgan fingerprint density at radius 2 is 1.35 bits per heavy atom. The lowest BCUT2D eigenvalue weighted by Gasteiger charge is -2.13. The molecular formula is C30H19N. The van der Waals surface area contributed by atoms with Gasteiger partial charge in [-0.15, -0.1) is 0 Å². The van der Waals surface area contributed by atoms with E-state index in [0.29, 0.717) is 0 Å². The Hall–Kier alpha value is -3.84. The molecule has 2 aliphatic rings. The third-order valence-electron chi connectivity index (χ3n) is 7.45. The summed E-state index contributed by atoms with van der Waals surface area (Å²) >= 11 is 0. The van der Waals surface area contributed by atoms with Crippen LogP contribution in [0.4, 0.5) is 0 Å². The lowest BCUT2D eigenvalue weighted by Crippen LogP contribution is -1.92. The number of hydrogen-bond acceptors (Lipinski definition) is 0. The Kier molecular flexibility index (Phi) is 2.80. The van der Waals surface area contributed by atoms with E-state index in [2.05, 4.69) is 95.5 Å². The van der Waals surface area contributed by atoms with Crippen LogP contribution in [-0.2, 0) is 12.8 Å². The lowest BCUT2D eigenvalue weighted by atomic mass is 9.93. The maximum absolute atomic E-state index is 2.47. The molecule has 0 amide bonds. The smallest absolute Gasteiger partial charge is 0.0535 e. The summed E-state index contributed by atoms with van der Waals surface area (Å²) in [6.45, 7) is 0. The Labute approximate surface area is 180 Å². The fourth-order valence-corrected chi connectivity index (χ4v) is 6.13. The van der Waals surface area contributed by atoms with Crippen molar-refractivity contribution in [2.75, 3.05) is 0 Å². The van der Waals surface area contributed by atoms with Crippen LogP contribution in [0.15, 0.2) is 91.1 Å². The topological polar surface area (TPSA) is 4.41 Å². The number of benzene rings is 4. The summed E-state index contributed by atoms with van der Waals surface area (Å²) in [7, 11) is 0. The van der Waals surface area contributed by atoms with E-state index in [9.17, 15) is 0 Å². The minimum atomic E-state index is 1.03. The summed E-state index contributed by atoms with van der Waals surface area (Å²) in [5.41, 5.74) is 14.3. The maximum atomic E-state index is 2.47. The van der Waals surface area contributed by atoms with Crippen molar-refractivity contribution in [3.8, 4) is 22.3 Å². The first kappa shape index (κ1) is 15.9. The van der Waals surface area contributed by atoms with E-state index in [0.717, 1.165) is 12.8 Å². The van der Waals surface area contributed by atoms with Crippen molar-refractivity contribution in [3.63, 3.8) is 0 Å². The van der Waals surface area contributed by atoms with Gasteiger partial charge in [-0.2, -0.15) is 0 Å². The molecule has 2 aromatic heterocycles. The van der Waals surface area contributed by atoms with Crippen LogP contribution >= 0.6 is 0 Å². The Bertz CT molecular complexity index is 1730. The molecule has 0 spiro atoms. The second-order valence-electron chi connectivity index (χ2n) is 8.97. The molecule has 0 N–H and O–H groups in total. The van der Waals surface area contributed by atoms with E-state index in [1.165, 1.54) is 71.7 Å². The molecule has 0 saturated heterocycles. The minimum Gasteiger partial charge on any atom is -0.316 e. The van der Waals surface area contributed by atoms with Gasteiger partial charge in [-0.3, -0.25) is 0 Å². The molecule has 6 aromatic rings. The third-order valence-corrected chi connectivity index (χ3v) is 7.45. The van der Waals surface area contributed by atoms with E-state index in [1.807, 2.05) is 0 Å². The Morgan fingerprint density at radius 1 is 0.516 bits per heavy atom. The standard InChI is InChI=1S/C30H19N/c1-2-7-21-18(6-1)15-27-22(21)12-11-19-14-20-16-25-23-8-3-4-9-28(23)31-13-5-10-29(31)26(25)17-24(20)30(19)27/h1-13,16-17H,14-15H2. The number of para-hydroxylation sites is 1. The number of fused-ring (bicyclic) bond motifs is 13. The number of pyridine rings is 1. The van der Waals surface area contributed by atoms with E-state index < -0.39 is 0 Å². The number of aromatic nitrogens is 1. The van der Waals surface area contributed by atoms with Gasteiger partial charge in [-0.25, -0.2) is 0 Å². The zero-order chi connectivity index (χ0) is 20.1. The molecule has 144 valence electrons. The average Bonchev–Trinajstić information content (AvgIpc) is 3.52. The maximum Gasteiger partial charge on any atom is 0.0535 e. The highest BCUT2D eigenvalue weighted by atomic mass is 14.9. The molecule has 0 atom stereocenters. The van der Waals surface area contributed by atoms with Crippen LogP contribution in [0.3, 0.4) is 0 Å². The zero-order valence-electron chi connectivity index (χ0n) is 17.0. The molecule has 0 bridgehead atoms. The molecule has 8 rings (SSSR count). The summed E-state index contributed by atoms with van der Waals surface area (Å²) in [4.78, 5) is 0. The molecule has 2 aliphatic carbocycles. The van der Waals surface area contributed by atoms with Crippen molar-refractivity contribution in [3.05, 3.63) is 113 Å². The lowest BCUT2D eigenvalue weighted by molar-refractivity contribution is 1.23. The normalized spacial score (nSPS) is 13.5. The molecule has 1 nitrogen and oxygen atoms in total. The predicted molar refractivity (Wildman–Crippen MR) is 129 cm³/mol. The van der Waals surface area contributed by atoms with Crippen molar-refractivity contribution >= 4 is 27.2 Å². The highest BCUT2D eigenvalue weighted by molar-refractivity contribution is 6.14. The monoisotopic (exact) mass is 393 g/mol. The Balaban J connectivity index is 1.48. The molecular weight excluding hydrogens is 374 g/mol. The van der Waals surface area contributed by atoms with Gasteiger partial charge in [0.1, 0.15) is 0 Å². The van der Waals surface area contributed by atoms with Crippen LogP contribution in [0.1, 0.15) is 22.3 Å². The molecule has 1 heteroatoms. The van der Waals surface area contributed by atoms with Crippen molar-refractivity contribution in [2.45, 2.75) is 12.8 Å². The van der Waals surface area contributed by atoms with Crippen molar-refractivity contribution in [2.24, 2.45) is 0 Å². The van der Waals surface area contributed by atoms with Gasteiger partial charge in [0.25, 0.3) is 0 Å². The molecule has 0 unspecified atom stereocenters. The first-order valence-electron chi connectivity index (χ1n) is 11.0. The molecule has 0 saturated carbocycles. The van der Waals surface area contributed by atoms with Crippen LogP contribution in [0.2, 0.25) is 0 Å². The summed E-state index contributed by atoms with van der Waals surface area (Å²) in [5.74, 6) is 0. The van der Waals surface area contributed by atoms with Gasteiger partial charge in [0.05, 0.1) is 11.0 Å². The first-order valence-corrected chi connectivity index (χ1v) is 11.0. The molecule has 0 aliphatic heterocycles. The Morgan fingerprint density at radius 3 is 2.35 bits per heavy atom. The largest absolute Gasteiger partial charge is 0.316 e. The van der Waals surface area contributed by atoms with Gasteiger partial charge in [-0.05, 0) is 93.1 Å². The van der Waals surface area contributed by atoms with Gasteiger partial charge in [0.15, 0.2) is 0 Å². The molecule has 4 aromatic carbocycles. The molecule has 31 heavy (non-hydrogen) atoms. The van der Waals surface area contributed by atoms with Gasteiger partial charge in [-0.1, -0.05) is 54.6 Å². The van der Waals surface area contributed by atoms with E-state index in [4.69, 9.17) is 0 Å². The summed E-state index contributed by atoms with van der Waals surface area (Å²) in [6.07, 6.45) is 4.27. The van der Waals surface area contributed by atoms with Gasteiger partial charge >= 0.3 is 0 Å². The predicted octanol–water partition coefficient (Wildman–Crippen LogP) is 7.39. The summed E-state index contributed by atoms with van der Waals surface area (Å²) in [6, 6.07) is 31.8. The van der Waals surface area contributed by atoms with E-state index in [1.54, 1.807) is 0 Å². The third kappa shape index (κ3) is 1.92. The SMILES string of the molecule is c1ccc2c(c1)Cc1c-2ccc2c1-c1cc3c(cc1C2)c1ccccc1n1cccc31. The second-order valence-corrected chi connectivity index (χ2v) is 8.97. The van der Waals surface area contributed by atoms with Crippen molar-refractivity contribution in [1.29, 1.82) is 0 Å². The molecule has 2 heterocycles.